The summed E-state index contributed by atoms with van der Waals surface area (Å²) in [5.74, 6) is 0. The van der Waals surface area contributed by atoms with E-state index in [-0.39, 0.29) is 6.03 Å². The van der Waals surface area contributed by atoms with Crippen LogP contribution >= 0.6 is 11.6 Å². The van der Waals surface area contributed by atoms with E-state index in [1.807, 2.05) is 12.1 Å². The quantitative estimate of drug-likeness (QED) is 0.768. The molecule has 0 aliphatic heterocycles. The Hall–Kier alpha value is -1.98. The van der Waals surface area contributed by atoms with E-state index < -0.39 is 6.10 Å². The van der Waals surface area contributed by atoms with Crippen molar-refractivity contribution in [3.63, 3.8) is 0 Å². The molecule has 0 fully saturated rings. The van der Waals surface area contributed by atoms with Crippen LogP contribution in [-0.4, -0.2) is 17.7 Å². The number of nitrogens with one attached hydrogen (secondary N) is 2. The summed E-state index contributed by atoms with van der Waals surface area (Å²) in [5, 5.41) is 15.9. The Labute approximate surface area is 127 Å². The van der Waals surface area contributed by atoms with Crippen molar-refractivity contribution in [2.45, 2.75) is 19.1 Å². The summed E-state index contributed by atoms with van der Waals surface area (Å²) in [7, 11) is 0. The van der Waals surface area contributed by atoms with E-state index in [2.05, 4.69) is 10.6 Å². The van der Waals surface area contributed by atoms with Gasteiger partial charge in [0, 0.05) is 23.7 Å². The Morgan fingerprint density at radius 3 is 2.67 bits per heavy atom. The number of carbonyl (C=O) groups excluding carboxylic acids is 1. The number of amides is 2. The van der Waals surface area contributed by atoms with E-state index >= 15 is 0 Å². The third-order valence-electron chi connectivity index (χ3n) is 3.00. The zero-order valence-corrected chi connectivity index (χ0v) is 12.1. The molecule has 0 radical (unpaired) electrons. The van der Waals surface area contributed by atoms with Crippen molar-refractivity contribution in [1.82, 2.24) is 10.6 Å². The number of carbonyl (C=O) groups is 1. The molecule has 0 aliphatic carbocycles. The minimum Gasteiger partial charge on any atom is -0.472 e. The molecule has 0 saturated heterocycles. The van der Waals surface area contributed by atoms with Gasteiger partial charge in [-0.25, -0.2) is 4.79 Å². The first-order valence-electron chi connectivity index (χ1n) is 6.61. The Balaban J connectivity index is 1.64. The van der Waals surface area contributed by atoms with Gasteiger partial charge in [0.2, 0.25) is 0 Å². The Bertz CT molecular complexity index is 555. The number of urea groups is 1. The lowest BCUT2D eigenvalue weighted by atomic mass is 10.1. The first kappa shape index (κ1) is 15.4. The monoisotopic (exact) mass is 308 g/mol. The maximum absolute atomic E-state index is 11.6. The number of aliphatic hydroxyl groups excluding tert-OH is 1. The highest BCUT2D eigenvalue weighted by molar-refractivity contribution is 6.30. The molecule has 0 spiro atoms. The van der Waals surface area contributed by atoms with E-state index in [4.69, 9.17) is 16.0 Å². The fourth-order valence-electron chi connectivity index (χ4n) is 1.80. The molecule has 5 nitrogen and oxygen atoms in total. The number of halogens is 1. The molecule has 21 heavy (non-hydrogen) atoms. The zero-order valence-electron chi connectivity index (χ0n) is 11.4. The second-order valence-electron chi connectivity index (χ2n) is 4.60. The Morgan fingerprint density at radius 2 is 2.00 bits per heavy atom. The minimum absolute atomic E-state index is 0.274. The van der Waals surface area contributed by atoms with Gasteiger partial charge < -0.3 is 20.2 Å². The van der Waals surface area contributed by atoms with Crippen LogP contribution in [0.2, 0.25) is 5.02 Å². The summed E-state index contributed by atoms with van der Waals surface area (Å²) in [5.41, 5.74) is 1.67. The molecule has 0 bridgehead atoms. The fourth-order valence-corrected chi connectivity index (χ4v) is 1.93. The van der Waals surface area contributed by atoms with Crippen LogP contribution in [0.3, 0.4) is 0 Å². The van der Waals surface area contributed by atoms with Gasteiger partial charge in [-0.2, -0.15) is 0 Å². The molecule has 6 heteroatoms. The first-order chi connectivity index (χ1) is 10.1. The molecule has 1 unspecified atom stereocenters. The van der Waals surface area contributed by atoms with Gasteiger partial charge >= 0.3 is 6.03 Å². The number of benzene rings is 1. The van der Waals surface area contributed by atoms with Crippen molar-refractivity contribution in [2.75, 3.05) is 6.54 Å². The second kappa shape index (κ2) is 7.71. The van der Waals surface area contributed by atoms with Crippen LogP contribution in [0.1, 0.15) is 23.7 Å². The normalized spacial score (nSPS) is 11.9. The van der Waals surface area contributed by atoms with E-state index in [1.165, 1.54) is 12.5 Å². The molecular formula is C15H17ClN2O3. The number of hydrogen-bond donors (Lipinski definition) is 3. The van der Waals surface area contributed by atoms with Crippen LogP contribution in [0.15, 0.2) is 47.3 Å². The molecule has 3 N–H and O–H groups in total. The third kappa shape index (κ3) is 5.13. The van der Waals surface area contributed by atoms with Crippen molar-refractivity contribution in [1.29, 1.82) is 0 Å². The fraction of sp³-hybridized carbons (Fsp3) is 0.267. The van der Waals surface area contributed by atoms with Crippen LogP contribution in [0.25, 0.3) is 0 Å². The molecule has 2 rings (SSSR count). The molecule has 1 aromatic heterocycles. The predicted molar refractivity (Wildman–Crippen MR) is 80.0 cm³/mol. The number of furan rings is 1. The highest BCUT2D eigenvalue weighted by atomic mass is 35.5. The highest BCUT2D eigenvalue weighted by Crippen LogP contribution is 2.15. The summed E-state index contributed by atoms with van der Waals surface area (Å²) in [4.78, 5) is 11.6. The average Bonchev–Trinajstić information content (AvgIpc) is 3.01. The lowest BCUT2D eigenvalue weighted by Crippen LogP contribution is -2.36. The van der Waals surface area contributed by atoms with Gasteiger partial charge in [0.15, 0.2) is 0 Å². The van der Waals surface area contributed by atoms with E-state index in [0.29, 0.717) is 30.1 Å². The third-order valence-corrected chi connectivity index (χ3v) is 3.25. The lowest BCUT2D eigenvalue weighted by molar-refractivity contribution is 0.166. The van der Waals surface area contributed by atoms with Crippen molar-refractivity contribution >= 4 is 17.6 Å². The number of rotatable bonds is 6. The van der Waals surface area contributed by atoms with Gasteiger partial charge in [-0.3, -0.25) is 0 Å². The van der Waals surface area contributed by atoms with E-state index in [1.54, 1.807) is 18.2 Å². The maximum atomic E-state index is 11.6. The largest absolute Gasteiger partial charge is 0.472 e. The van der Waals surface area contributed by atoms with Crippen molar-refractivity contribution in [3.05, 3.63) is 59.0 Å². The smallest absolute Gasteiger partial charge is 0.315 e. The summed E-state index contributed by atoms with van der Waals surface area (Å²) in [6.07, 6.45) is 2.78. The standard InChI is InChI=1S/C15H17ClN2O3/c16-13-3-1-11(2-4-13)9-18-15(20)17-7-5-14(19)12-6-8-21-10-12/h1-4,6,8,10,14,19H,5,7,9H2,(H2,17,18,20). The topological polar surface area (TPSA) is 74.5 Å². The average molecular weight is 309 g/mol. The zero-order chi connectivity index (χ0) is 15.1. The predicted octanol–water partition coefficient (Wildman–Crippen LogP) is 2.86. The van der Waals surface area contributed by atoms with Gasteiger partial charge in [0.1, 0.15) is 0 Å². The van der Waals surface area contributed by atoms with Gasteiger partial charge in [-0.15, -0.1) is 0 Å². The van der Waals surface area contributed by atoms with Crippen LogP contribution in [0, 0.1) is 0 Å². The van der Waals surface area contributed by atoms with Crippen LogP contribution in [-0.2, 0) is 6.54 Å². The summed E-state index contributed by atoms with van der Waals surface area (Å²) < 4.78 is 4.89. The van der Waals surface area contributed by atoms with Crippen molar-refractivity contribution in [2.24, 2.45) is 0 Å². The Kier molecular flexibility index (Phi) is 5.66. The van der Waals surface area contributed by atoms with Crippen molar-refractivity contribution < 1.29 is 14.3 Å². The van der Waals surface area contributed by atoms with Gasteiger partial charge in [-0.1, -0.05) is 23.7 Å². The van der Waals surface area contributed by atoms with Crippen molar-refractivity contribution in [3.8, 4) is 0 Å². The van der Waals surface area contributed by atoms with Crippen LogP contribution < -0.4 is 10.6 Å². The molecule has 2 aromatic rings. The molecular weight excluding hydrogens is 292 g/mol. The van der Waals surface area contributed by atoms with Gasteiger partial charge in [0.05, 0.1) is 18.6 Å². The lowest BCUT2D eigenvalue weighted by Gasteiger charge is -2.10. The molecule has 112 valence electrons. The van der Waals surface area contributed by atoms with Crippen LogP contribution in [0.4, 0.5) is 4.79 Å². The van der Waals surface area contributed by atoms with Gasteiger partial charge in [-0.05, 0) is 30.2 Å². The molecule has 1 aromatic carbocycles. The minimum atomic E-state index is -0.639. The summed E-state index contributed by atoms with van der Waals surface area (Å²) in [6.45, 7) is 0.798. The molecule has 0 aliphatic rings. The van der Waals surface area contributed by atoms with E-state index in [9.17, 15) is 9.90 Å². The molecule has 1 atom stereocenters. The molecule has 2 amide bonds. The highest BCUT2D eigenvalue weighted by Gasteiger charge is 2.09. The number of aliphatic hydroxyl groups is 1. The second-order valence-corrected chi connectivity index (χ2v) is 5.03. The first-order valence-corrected chi connectivity index (χ1v) is 6.99. The number of hydrogen-bond acceptors (Lipinski definition) is 3. The molecule has 1 heterocycles. The Morgan fingerprint density at radius 1 is 1.24 bits per heavy atom. The maximum Gasteiger partial charge on any atom is 0.315 e. The summed E-state index contributed by atoms with van der Waals surface area (Å²) >= 11 is 5.78. The van der Waals surface area contributed by atoms with Crippen LogP contribution in [0.5, 0.6) is 0 Å². The van der Waals surface area contributed by atoms with E-state index in [0.717, 1.165) is 5.56 Å². The SMILES string of the molecule is O=C(NCCC(O)c1ccoc1)NCc1ccc(Cl)cc1. The summed E-state index contributed by atoms with van der Waals surface area (Å²) in [6, 6.07) is 8.68. The van der Waals surface area contributed by atoms with Gasteiger partial charge in [0.25, 0.3) is 0 Å². The molecule has 0 saturated carbocycles.